The van der Waals surface area contributed by atoms with Gasteiger partial charge >= 0.3 is 0 Å². The molecule has 1 heterocycles. The first-order chi connectivity index (χ1) is 7.63. The third-order valence-corrected chi connectivity index (χ3v) is 3.60. The predicted molar refractivity (Wildman–Crippen MR) is 66.8 cm³/mol. The molecule has 0 bridgehead atoms. The van der Waals surface area contributed by atoms with E-state index < -0.39 is 0 Å². The van der Waals surface area contributed by atoms with Gasteiger partial charge in [0, 0.05) is 29.7 Å². The van der Waals surface area contributed by atoms with Crippen molar-refractivity contribution >= 4 is 28.1 Å². The first-order valence-corrected chi connectivity index (χ1v) is 6.02. The normalized spacial score (nSPS) is 20.4. The summed E-state index contributed by atoms with van der Waals surface area (Å²) in [5.41, 5.74) is 2.46. The molecule has 0 saturated heterocycles. The van der Waals surface area contributed by atoms with Crippen LogP contribution in [0.25, 0.3) is 0 Å². The molecule has 0 radical (unpaired) electrons. The highest BCUT2D eigenvalue weighted by molar-refractivity contribution is 9.10. The van der Waals surface area contributed by atoms with E-state index in [0.717, 1.165) is 11.0 Å². The Labute approximate surface area is 104 Å². The van der Waals surface area contributed by atoms with Crippen molar-refractivity contribution in [2.24, 2.45) is 0 Å². The summed E-state index contributed by atoms with van der Waals surface area (Å²) in [6.07, 6.45) is -0.0875. The van der Waals surface area contributed by atoms with Crippen LogP contribution in [0.15, 0.2) is 22.7 Å². The first-order valence-electron chi connectivity index (χ1n) is 5.23. The van der Waals surface area contributed by atoms with Gasteiger partial charge in [0.1, 0.15) is 6.10 Å². The molecule has 4 heteroatoms. The number of anilines is 1. The monoisotopic (exact) mass is 283 g/mol. The average Bonchev–Trinajstić information content (AvgIpc) is 2.56. The summed E-state index contributed by atoms with van der Waals surface area (Å²) in [5.74, 6) is 0.252. The molecule has 0 amide bonds. The number of ether oxygens (including phenoxy) is 1. The molecule has 0 aromatic heterocycles. The second-order valence-corrected chi connectivity index (χ2v) is 5.04. The number of likely N-dealkylation sites (N-methyl/N-ethyl adjacent to an activating group) is 1. The second kappa shape index (κ2) is 4.45. The fourth-order valence-corrected chi connectivity index (χ4v) is 2.62. The first kappa shape index (κ1) is 11.5. The van der Waals surface area contributed by atoms with Crippen LogP contribution in [0.2, 0.25) is 0 Å². The summed E-state index contributed by atoms with van der Waals surface area (Å²) < 4.78 is 6.11. The lowest BCUT2D eigenvalue weighted by Gasteiger charge is -2.18. The zero-order valence-electron chi connectivity index (χ0n) is 9.31. The third-order valence-electron chi connectivity index (χ3n) is 3.11. The highest BCUT2D eigenvalue weighted by Crippen LogP contribution is 2.39. The molecule has 1 aliphatic heterocycles. The van der Waals surface area contributed by atoms with Crippen LogP contribution in [-0.4, -0.2) is 26.2 Å². The molecule has 16 heavy (non-hydrogen) atoms. The van der Waals surface area contributed by atoms with Crippen LogP contribution < -0.4 is 4.90 Å². The molecular weight excluding hydrogens is 270 g/mol. The van der Waals surface area contributed by atoms with E-state index >= 15 is 0 Å². The second-order valence-electron chi connectivity index (χ2n) is 4.13. The Morgan fingerprint density at radius 1 is 1.62 bits per heavy atom. The average molecular weight is 284 g/mol. The van der Waals surface area contributed by atoms with Gasteiger partial charge in [-0.1, -0.05) is 15.9 Å². The van der Waals surface area contributed by atoms with Gasteiger partial charge in [0.2, 0.25) is 0 Å². The number of rotatable bonds is 3. The van der Waals surface area contributed by atoms with Crippen molar-refractivity contribution in [1.29, 1.82) is 0 Å². The predicted octanol–water partition coefficient (Wildman–Crippen LogP) is 2.54. The molecule has 86 valence electrons. The van der Waals surface area contributed by atoms with E-state index in [0.29, 0.717) is 6.47 Å². The summed E-state index contributed by atoms with van der Waals surface area (Å²) in [4.78, 5) is 12.6. The summed E-state index contributed by atoms with van der Waals surface area (Å²) in [5, 5.41) is 0. The fourth-order valence-electron chi connectivity index (χ4n) is 2.25. The molecular formula is C12H14BrNO2. The van der Waals surface area contributed by atoms with Crippen LogP contribution in [0.4, 0.5) is 5.69 Å². The summed E-state index contributed by atoms with van der Waals surface area (Å²) >= 11 is 3.47. The van der Waals surface area contributed by atoms with Crippen LogP contribution in [0.5, 0.6) is 0 Å². The molecule has 2 rings (SSSR count). The topological polar surface area (TPSA) is 29.5 Å². The molecule has 1 aliphatic rings. The number of hydrogen-bond acceptors (Lipinski definition) is 3. The molecule has 0 spiro atoms. The van der Waals surface area contributed by atoms with Gasteiger partial charge in [-0.15, -0.1) is 0 Å². The van der Waals surface area contributed by atoms with Crippen LogP contribution in [0.1, 0.15) is 18.4 Å². The molecule has 0 aliphatic carbocycles. The highest BCUT2D eigenvalue weighted by atomic mass is 79.9. The Morgan fingerprint density at radius 3 is 3.06 bits per heavy atom. The molecule has 0 fully saturated rings. The minimum absolute atomic E-state index is 0.0875. The lowest BCUT2D eigenvalue weighted by Crippen LogP contribution is -2.23. The zero-order valence-corrected chi connectivity index (χ0v) is 10.9. The van der Waals surface area contributed by atoms with Gasteiger partial charge in [0.25, 0.3) is 6.47 Å². The Morgan fingerprint density at radius 2 is 2.38 bits per heavy atom. The van der Waals surface area contributed by atoms with Crippen molar-refractivity contribution in [3.63, 3.8) is 0 Å². The maximum absolute atomic E-state index is 10.4. The van der Waals surface area contributed by atoms with Gasteiger partial charge in [-0.2, -0.15) is 0 Å². The minimum atomic E-state index is -0.0875. The maximum atomic E-state index is 10.4. The van der Waals surface area contributed by atoms with Crippen LogP contribution in [0.3, 0.4) is 0 Å². The number of nitrogens with zero attached hydrogens (tertiary/aromatic N) is 1. The summed E-state index contributed by atoms with van der Waals surface area (Å²) in [6.45, 7) is 3.35. The van der Waals surface area contributed by atoms with Crippen LogP contribution in [0, 0.1) is 0 Å². The number of halogens is 1. The number of fused-ring (bicyclic) bond motifs is 1. The molecule has 1 aromatic carbocycles. The van der Waals surface area contributed by atoms with Crippen molar-refractivity contribution in [3.8, 4) is 0 Å². The van der Waals surface area contributed by atoms with E-state index in [9.17, 15) is 4.79 Å². The Bertz CT molecular complexity index is 408. The largest absolute Gasteiger partial charge is 0.464 e. The molecule has 1 aromatic rings. The lowest BCUT2D eigenvalue weighted by molar-refractivity contribution is -0.133. The zero-order chi connectivity index (χ0) is 11.7. The third kappa shape index (κ3) is 1.94. The number of carbonyl (C=O) groups is 1. The van der Waals surface area contributed by atoms with E-state index in [1.165, 1.54) is 11.3 Å². The van der Waals surface area contributed by atoms with Crippen LogP contribution in [-0.2, 0) is 9.53 Å². The molecule has 2 atom stereocenters. The van der Waals surface area contributed by atoms with E-state index in [2.05, 4.69) is 40.0 Å². The van der Waals surface area contributed by atoms with Gasteiger partial charge < -0.3 is 9.64 Å². The highest BCUT2D eigenvalue weighted by Gasteiger charge is 2.31. The van der Waals surface area contributed by atoms with Gasteiger partial charge in [-0.05, 0) is 30.7 Å². The van der Waals surface area contributed by atoms with E-state index in [1.807, 2.05) is 13.0 Å². The Hall–Kier alpha value is -1.03. The van der Waals surface area contributed by atoms with Gasteiger partial charge in [0.05, 0.1) is 0 Å². The van der Waals surface area contributed by atoms with Crippen molar-refractivity contribution in [2.75, 3.05) is 18.5 Å². The van der Waals surface area contributed by atoms with Crippen molar-refractivity contribution < 1.29 is 9.53 Å². The number of hydrogen-bond donors (Lipinski definition) is 0. The standard InChI is InChI=1S/C12H14BrNO2/c1-8(16-7-15)11-6-14(2)12-4-3-9(13)5-10(11)12/h3-5,7-8,11H,6H2,1-2H3. The summed E-state index contributed by atoms with van der Waals surface area (Å²) in [6, 6.07) is 6.23. The smallest absolute Gasteiger partial charge is 0.293 e. The van der Waals surface area contributed by atoms with E-state index in [1.54, 1.807) is 0 Å². The molecule has 0 N–H and O–H groups in total. The van der Waals surface area contributed by atoms with E-state index in [-0.39, 0.29) is 12.0 Å². The fraction of sp³-hybridized carbons (Fsp3) is 0.417. The number of benzene rings is 1. The summed E-state index contributed by atoms with van der Waals surface area (Å²) in [7, 11) is 2.06. The van der Waals surface area contributed by atoms with Crippen LogP contribution >= 0.6 is 15.9 Å². The SMILES string of the molecule is CC(OC=O)C1CN(C)c2ccc(Br)cc21. The van der Waals surface area contributed by atoms with Crippen molar-refractivity contribution in [1.82, 2.24) is 0 Å². The van der Waals surface area contributed by atoms with Gasteiger partial charge in [0.15, 0.2) is 0 Å². The Kier molecular flexibility index (Phi) is 3.19. The van der Waals surface area contributed by atoms with Gasteiger partial charge in [-0.25, -0.2) is 0 Å². The Balaban J connectivity index is 2.33. The van der Waals surface area contributed by atoms with E-state index in [4.69, 9.17) is 4.74 Å². The maximum Gasteiger partial charge on any atom is 0.293 e. The minimum Gasteiger partial charge on any atom is -0.464 e. The number of carbonyl (C=O) groups excluding carboxylic acids is 1. The molecule has 2 unspecified atom stereocenters. The lowest BCUT2D eigenvalue weighted by atomic mass is 9.96. The van der Waals surface area contributed by atoms with Crippen molar-refractivity contribution in [2.45, 2.75) is 18.9 Å². The molecule has 3 nitrogen and oxygen atoms in total. The quantitative estimate of drug-likeness (QED) is 0.799. The van der Waals surface area contributed by atoms with Crippen molar-refractivity contribution in [3.05, 3.63) is 28.2 Å². The van der Waals surface area contributed by atoms with Gasteiger partial charge in [-0.3, -0.25) is 4.79 Å². The molecule has 0 saturated carbocycles.